The number of rotatable bonds is 8. The lowest BCUT2D eigenvalue weighted by molar-refractivity contribution is 0.0980. The number of ether oxygens (including phenoxy) is 2. The standard InChI is InChI=1S/C15H22O2/c1-4-5-10-16-11-12-17-15-8-6-14(7-9-15)13(2)3/h6-9H,2,4-5,10-12H2,1,3H3. The fourth-order valence-electron chi connectivity index (χ4n) is 1.40. The summed E-state index contributed by atoms with van der Waals surface area (Å²) in [5.41, 5.74) is 2.22. The molecule has 1 aromatic carbocycles. The van der Waals surface area contributed by atoms with Crippen molar-refractivity contribution in [1.29, 1.82) is 0 Å². The van der Waals surface area contributed by atoms with E-state index in [1.807, 2.05) is 31.2 Å². The third-order valence-corrected chi connectivity index (χ3v) is 2.49. The van der Waals surface area contributed by atoms with Crippen molar-refractivity contribution in [2.75, 3.05) is 19.8 Å². The molecule has 2 heteroatoms. The maximum atomic E-state index is 5.57. The van der Waals surface area contributed by atoms with Crippen LogP contribution in [0.3, 0.4) is 0 Å². The summed E-state index contributed by atoms with van der Waals surface area (Å²) >= 11 is 0. The van der Waals surface area contributed by atoms with E-state index in [1.54, 1.807) is 0 Å². The molecule has 0 heterocycles. The van der Waals surface area contributed by atoms with Gasteiger partial charge in [-0.15, -0.1) is 0 Å². The van der Waals surface area contributed by atoms with Crippen molar-refractivity contribution in [2.24, 2.45) is 0 Å². The molecule has 1 rings (SSSR count). The minimum absolute atomic E-state index is 0.607. The van der Waals surface area contributed by atoms with Crippen molar-refractivity contribution in [3.05, 3.63) is 36.4 Å². The molecule has 0 spiro atoms. The van der Waals surface area contributed by atoms with E-state index in [0.717, 1.165) is 29.9 Å². The second kappa shape index (κ2) is 7.91. The molecule has 0 saturated heterocycles. The number of benzene rings is 1. The van der Waals surface area contributed by atoms with Gasteiger partial charge >= 0.3 is 0 Å². The Labute approximate surface area is 104 Å². The Hall–Kier alpha value is -1.28. The smallest absolute Gasteiger partial charge is 0.119 e. The van der Waals surface area contributed by atoms with E-state index < -0.39 is 0 Å². The first kappa shape index (κ1) is 13.8. The first-order chi connectivity index (χ1) is 8.24. The molecule has 0 unspecified atom stereocenters. The average molecular weight is 234 g/mol. The quantitative estimate of drug-likeness (QED) is 0.635. The molecule has 0 radical (unpaired) electrons. The molecule has 2 nitrogen and oxygen atoms in total. The molecule has 94 valence electrons. The number of hydrogen-bond acceptors (Lipinski definition) is 2. The summed E-state index contributed by atoms with van der Waals surface area (Å²) in [6.07, 6.45) is 2.29. The second-order valence-electron chi connectivity index (χ2n) is 4.12. The summed E-state index contributed by atoms with van der Waals surface area (Å²) in [6, 6.07) is 7.98. The molecule has 0 aliphatic rings. The van der Waals surface area contributed by atoms with Gasteiger partial charge in [0.1, 0.15) is 12.4 Å². The van der Waals surface area contributed by atoms with Gasteiger partial charge in [-0.25, -0.2) is 0 Å². The summed E-state index contributed by atoms with van der Waals surface area (Å²) in [5.74, 6) is 0.883. The summed E-state index contributed by atoms with van der Waals surface area (Å²) in [6.45, 7) is 10.1. The first-order valence-corrected chi connectivity index (χ1v) is 6.20. The summed E-state index contributed by atoms with van der Waals surface area (Å²) in [7, 11) is 0. The molecule has 0 saturated carbocycles. The van der Waals surface area contributed by atoms with E-state index >= 15 is 0 Å². The third kappa shape index (κ3) is 5.55. The van der Waals surface area contributed by atoms with Crippen LogP contribution in [0.25, 0.3) is 5.57 Å². The Morgan fingerprint density at radius 1 is 1.12 bits per heavy atom. The minimum Gasteiger partial charge on any atom is -0.491 e. The van der Waals surface area contributed by atoms with E-state index in [-0.39, 0.29) is 0 Å². The van der Waals surface area contributed by atoms with Crippen LogP contribution in [0, 0.1) is 0 Å². The molecule has 0 aliphatic carbocycles. The zero-order chi connectivity index (χ0) is 12.5. The molecule has 0 aromatic heterocycles. The number of hydrogen-bond donors (Lipinski definition) is 0. The van der Waals surface area contributed by atoms with Crippen LogP contribution in [0.15, 0.2) is 30.8 Å². The van der Waals surface area contributed by atoms with Gasteiger partial charge in [-0.2, -0.15) is 0 Å². The topological polar surface area (TPSA) is 18.5 Å². The molecule has 0 bridgehead atoms. The van der Waals surface area contributed by atoms with Crippen molar-refractivity contribution >= 4 is 5.57 Å². The molecule has 0 aliphatic heterocycles. The molecular weight excluding hydrogens is 212 g/mol. The van der Waals surface area contributed by atoms with Gasteiger partial charge in [-0.05, 0) is 31.0 Å². The minimum atomic E-state index is 0.607. The van der Waals surface area contributed by atoms with Crippen LogP contribution in [-0.2, 0) is 4.74 Å². The highest BCUT2D eigenvalue weighted by molar-refractivity contribution is 5.61. The zero-order valence-electron chi connectivity index (χ0n) is 10.9. The lowest BCUT2D eigenvalue weighted by Gasteiger charge is -2.07. The fourth-order valence-corrected chi connectivity index (χ4v) is 1.40. The normalized spacial score (nSPS) is 10.2. The molecule has 1 aromatic rings. The highest BCUT2D eigenvalue weighted by atomic mass is 16.5. The summed E-state index contributed by atoms with van der Waals surface area (Å²) in [4.78, 5) is 0. The Morgan fingerprint density at radius 3 is 2.41 bits per heavy atom. The second-order valence-corrected chi connectivity index (χ2v) is 4.12. The van der Waals surface area contributed by atoms with Crippen molar-refractivity contribution in [2.45, 2.75) is 26.7 Å². The van der Waals surface area contributed by atoms with Crippen molar-refractivity contribution < 1.29 is 9.47 Å². The van der Waals surface area contributed by atoms with Gasteiger partial charge in [-0.3, -0.25) is 0 Å². The van der Waals surface area contributed by atoms with Crippen LogP contribution in [0.2, 0.25) is 0 Å². The molecular formula is C15H22O2. The van der Waals surface area contributed by atoms with Crippen molar-refractivity contribution in [3.63, 3.8) is 0 Å². The van der Waals surface area contributed by atoms with Gasteiger partial charge in [0.05, 0.1) is 6.61 Å². The average Bonchev–Trinajstić information content (AvgIpc) is 2.34. The fraction of sp³-hybridized carbons (Fsp3) is 0.467. The van der Waals surface area contributed by atoms with E-state index in [0.29, 0.717) is 13.2 Å². The van der Waals surface area contributed by atoms with Gasteiger partial charge in [0, 0.05) is 6.61 Å². The van der Waals surface area contributed by atoms with Crippen LogP contribution < -0.4 is 4.74 Å². The maximum Gasteiger partial charge on any atom is 0.119 e. The van der Waals surface area contributed by atoms with Crippen LogP contribution in [-0.4, -0.2) is 19.8 Å². The molecule has 17 heavy (non-hydrogen) atoms. The monoisotopic (exact) mass is 234 g/mol. The van der Waals surface area contributed by atoms with Gasteiger partial charge in [0.25, 0.3) is 0 Å². The highest BCUT2D eigenvalue weighted by Gasteiger charge is 1.96. The van der Waals surface area contributed by atoms with Crippen LogP contribution >= 0.6 is 0 Å². The summed E-state index contributed by atoms with van der Waals surface area (Å²) < 4.78 is 11.0. The van der Waals surface area contributed by atoms with Crippen molar-refractivity contribution in [3.8, 4) is 5.75 Å². The highest BCUT2D eigenvalue weighted by Crippen LogP contribution is 2.16. The Balaban J connectivity index is 2.21. The van der Waals surface area contributed by atoms with Gasteiger partial charge in [0.15, 0.2) is 0 Å². The Kier molecular flexibility index (Phi) is 6.41. The first-order valence-electron chi connectivity index (χ1n) is 6.20. The summed E-state index contributed by atoms with van der Waals surface area (Å²) in [5, 5.41) is 0. The predicted octanol–water partition coefficient (Wildman–Crippen LogP) is 3.92. The van der Waals surface area contributed by atoms with E-state index in [9.17, 15) is 0 Å². The van der Waals surface area contributed by atoms with Crippen LogP contribution in [0.5, 0.6) is 5.75 Å². The van der Waals surface area contributed by atoms with Gasteiger partial charge in [-0.1, -0.05) is 37.6 Å². The molecule has 0 atom stereocenters. The molecule has 0 fully saturated rings. The van der Waals surface area contributed by atoms with Gasteiger partial charge in [0.2, 0.25) is 0 Å². The third-order valence-electron chi connectivity index (χ3n) is 2.49. The maximum absolute atomic E-state index is 5.57. The van der Waals surface area contributed by atoms with E-state index in [1.165, 1.54) is 6.42 Å². The molecule has 0 N–H and O–H groups in total. The predicted molar refractivity (Wildman–Crippen MR) is 72.4 cm³/mol. The lowest BCUT2D eigenvalue weighted by Crippen LogP contribution is -2.07. The van der Waals surface area contributed by atoms with Crippen molar-refractivity contribution in [1.82, 2.24) is 0 Å². The Morgan fingerprint density at radius 2 is 1.82 bits per heavy atom. The SMILES string of the molecule is C=C(C)c1ccc(OCCOCCCC)cc1. The number of allylic oxidation sites excluding steroid dienone is 1. The largest absolute Gasteiger partial charge is 0.491 e. The lowest BCUT2D eigenvalue weighted by atomic mass is 10.1. The van der Waals surface area contributed by atoms with Crippen LogP contribution in [0.1, 0.15) is 32.3 Å². The number of unbranched alkanes of at least 4 members (excludes halogenated alkanes) is 1. The molecule has 0 amide bonds. The van der Waals surface area contributed by atoms with E-state index in [4.69, 9.17) is 9.47 Å². The van der Waals surface area contributed by atoms with E-state index in [2.05, 4.69) is 13.5 Å². The Bertz CT molecular complexity index is 327. The van der Waals surface area contributed by atoms with Gasteiger partial charge < -0.3 is 9.47 Å². The zero-order valence-corrected chi connectivity index (χ0v) is 10.9. The van der Waals surface area contributed by atoms with Crippen LogP contribution in [0.4, 0.5) is 0 Å².